The van der Waals surface area contributed by atoms with E-state index < -0.39 is 6.09 Å². The molecule has 1 aromatic rings. The Morgan fingerprint density at radius 2 is 2.03 bits per heavy atom. The second kappa shape index (κ2) is 13.5. The van der Waals surface area contributed by atoms with Crippen molar-refractivity contribution >= 4 is 23.7 Å². The molecule has 0 aromatic heterocycles. The summed E-state index contributed by atoms with van der Waals surface area (Å²) >= 11 is 6.30. The van der Waals surface area contributed by atoms with Gasteiger partial charge in [0, 0.05) is 43.2 Å². The third kappa shape index (κ3) is 7.26. The molecule has 0 radical (unpaired) electrons. The SMILES string of the molecule is COC(=O)NCCOC(c1cccc(Cl)c1)C1CCCN(C(=O)NC2CNCCC2C2CCCC2)C1. The molecule has 4 unspecified atom stereocenters. The fourth-order valence-electron chi connectivity index (χ4n) is 6.28. The van der Waals surface area contributed by atoms with Gasteiger partial charge in [-0.2, -0.15) is 0 Å². The van der Waals surface area contributed by atoms with Gasteiger partial charge in [-0.05, 0) is 55.3 Å². The molecule has 3 amide bonds. The second-order valence-corrected chi connectivity index (χ2v) is 10.8. The number of amides is 3. The lowest BCUT2D eigenvalue weighted by molar-refractivity contribution is -0.00883. The van der Waals surface area contributed by atoms with Crippen LogP contribution in [0.5, 0.6) is 0 Å². The molecule has 36 heavy (non-hydrogen) atoms. The van der Waals surface area contributed by atoms with Crippen LogP contribution in [0.1, 0.15) is 56.6 Å². The number of alkyl carbamates (subject to hydrolysis) is 1. The van der Waals surface area contributed by atoms with Gasteiger partial charge in [-0.1, -0.05) is 49.4 Å². The topological polar surface area (TPSA) is 91.9 Å². The first-order chi connectivity index (χ1) is 17.5. The first kappa shape index (κ1) is 27.0. The summed E-state index contributed by atoms with van der Waals surface area (Å²) in [6.07, 6.45) is 7.57. The van der Waals surface area contributed by atoms with Gasteiger partial charge in [0.1, 0.15) is 0 Å². The Labute approximate surface area is 219 Å². The number of nitrogens with zero attached hydrogens (tertiary/aromatic N) is 1. The molecule has 3 fully saturated rings. The predicted octanol–water partition coefficient (Wildman–Crippen LogP) is 4.34. The van der Waals surface area contributed by atoms with Crippen LogP contribution in [0.3, 0.4) is 0 Å². The summed E-state index contributed by atoms with van der Waals surface area (Å²) in [5.74, 6) is 1.45. The van der Waals surface area contributed by atoms with Gasteiger partial charge in [0.25, 0.3) is 0 Å². The molecule has 0 bridgehead atoms. The highest BCUT2D eigenvalue weighted by Crippen LogP contribution is 2.37. The molecule has 4 rings (SSSR count). The fourth-order valence-corrected chi connectivity index (χ4v) is 6.48. The summed E-state index contributed by atoms with van der Waals surface area (Å²) in [6, 6.07) is 7.95. The van der Waals surface area contributed by atoms with E-state index in [2.05, 4.69) is 20.7 Å². The number of piperidine rings is 2. The lowest BCUT2D eigenvalue weighted by Gasteiger charge is -2.40. The normalized spacial score (nSPS) is 25.8. The highest BCUT2D eigenvalue weighted by molar-refractivity contribution is 6.30. The first-order valence-corrected chi connectivity index (χ1v) is 13.9. The monoisotopic (exact) mass is 520 g/mol. The summed E-state index contributed by atoms with van der Waals surface area (Å²) in [7, 11) is 1.34. The van der Waals surface area contributed by atoms with E-state index >= 15 is 0 Å². The molecule has 0 spiro atoms. The molecule has 1 aromatic carbocycles. The quantitative estimate of drug-likeness (QED) is 0.443. The minimum atomic E-state index is -0.480. The average molecular weight is 521 g/mol. The molecule has 4 atom stereocenters. The largest absolute Gasteiger partial charge is 0.453 e. The molecule has 9 heteroatoms. The number of carbonyl (C=O) groups is 2. The Bertz CT molecular complexity index is 866. The molecule has 3 N–H and O–H groups in total. The van der Waals surface area contributed by atoms with E-state index in [1.165, 1.54) is 32.8 Å². The predicted molar refractivity (Wildman–Crippen MR) is 140 cm³/mol. The number of halogens is 1. The summed E-state index contributed by atoms with van der Waals surface area (Å²) < 4.78 is 10.9. The van der Waals surface area contributed by atoms with E-state index in [1.54, 1.807) is 0 Å². The molecule has 8 nitrogen and oxygen atoms in total. The van der Waals surface area contributed by atoms with Crippen LogP contribution in [0.2, 0.25) is 5.02 Å². The van der Waals surface area contributed by atoms with Crippen LogP contribution in [0.15, 0.2) is 24.3 Å². The number of rotatable bonds is 8. The van der Waals surface area contributed by atoms with Crippen LogP contribution in [-0.2, 0) is 9.47 Å². The molecule has 2 saturated heterocycles. The number of nitrogens with one attached hydrogen (secondary N) is 3. The van der Waals surface area contributed by atoms with Crippen molar-refractivity contribution in [3.05, 3.63) is 34.9 Å². The van der Waals surface area contributed by atoms with Crippen molar-refractivity contribution in [3.63, 3.8) is 0 Å². The number of carbonyl (C=O) groups excluding carboxylic acids is 2. The van der Waals surface area contributed by atoms with Gasteiger partial charge in [-0.3, -0.25) is 0 Å². The number of urea groups is 1. The van der Waals surface area contributed by atoms with Crippen LogP contribution in [-0.4, -0.2) is 69.5 Å². The van der Waals surface area contributed by atoms with Gasteiger partial charge in [-0.15, -0.1) is 0 Å². The number of hydrogen-bond acceptors (Lipinski definition) is 5. The third-order valence-corrected chi connectivity index (χ3v) is 8.29. The zero-order valence-corrected chi connectivity index (χ0v) is 22.1. The van der Waals surface area contributed by atoms with Gasteiger partial charge in [-0.25, -0.2) is 9.59 Å². The molecule has 2 aliphatic heterocycles. The molecule has 1 aliphatic carbocycles. The second-order valence-electron chi connectivity index (χ2n) is 10.4. The van der Waals surface area contributed by atoms with E-state index in [0.29, 0.717) is 30.6 Å². The number of hydrogen-bond donors (Lipinski definition) is 3. The highest BCUT2D eigenvalue weighted by Gasteiger charge is 2.36. The van der Waals surface area contributed by atoms with Crippen LogP contribution in [0, 0.1) is 17.8 Å². The molecular formula is C27H41ClN4O4. The van der Waals surface area contributed by atoms with Crippen molar-refractivity contribution in [1.29, 1.82) is 0 Å². The number of likely N-dealkylation sites (tertiary alicyclic amines) is 1. The minimum absolute atomic E-state index is 0.0357. The number of benzene rings is 1. The summed E-state index contributed by atoms with van der Waals surface area (Å²) in [5.41, 5.74) is 0.991. The Hall–Kier alpha value is -2.03. The fraction of sp³-hybridized carbons (Fsp3) is 0.704. The average Bonchev–Trinajstić information content (AvgIpc) is 3.44. The molecule has 200 valence electrons. The smallest absolute Gasteiger partial charge is 0.406 e. The maximum Gasteiger partial charge on any atom is 0.406 e. The lowest BCUT2D eigenvalue weighted by atomic mass is 9.80. The van der Waals surface area contributed by atoms with Crippen molar-refractivity contribution < 1.29 is 19.1 Å². The standard InChI is InChI=1S/C27H41ClN4O4/c1-35-27(34)30-13-15-36-25(20-8-4-10-22(28)16-20)21-9-5-14-32(18-21)26(33)31-24-17-29-12-11-23(24)19-6-2-3-7-19/h4,8,10,16,19,21,23-25,29H,2-3,5-7,9,11-15,17-18H2,1H3,(H,30,34)(H,31,33). The van der Waals surface area contributed by atoms with Crippen LogP contribution < -0.4 is 16.0 Å². The van der Waals surface area contributed by atoms with Crippen molar-refractivity contribution in [2.75, 3.05) is 46.4 Å². The number of methoxy groups -OCH3 is 1. The first-order valence-electron chi connectivity index (χ1n) is 13.5. The van der Waals surface area contributed by atoms with Gasteiger partial charge >= 0.3 is 12.1 Å². The molecule has 1 saturated carbocycles. The van der Waals surface area contributed by atoms with E-state index in [1.807, 2.05) is 29.2 Å². The molecule has 2 heterocycles. The van der Waals surface area contributed by atoms with Crippen molar-refractivity contribution in [1.82, 2.24) is 20.9 Å². The van der Waals surface area contributed by atoms with Crippen LogP contribution in [0.4, 0.5) is 9.59 Å². The van der Waals surface area contributed by atoms with E-state index in [9.17, 15) is 9.59 Å². The maximum atomic E-state index is 13.4. The summed E-state index contributed by atoms with van der Waals surface area (Å²) in [4.78, 5) is 26.8. The van der Waals surface area contributed by atoms with Crippen molar-refractivity contribution in [3.8, 4) is 0 Å². The maximum absolute atomic E-state index is 13.4. The van der Waals surface area contributed by atoms with E-state index in [4.69, 9.17) is 16.3 Å². The van der Waals surface area contributed by atoms with Crippen molar-refractivity contribution in [2.24, 2.45) is 17.8 Å². The zero-order valence-electron chi connectivity index (χ0n) is 21.3. The van der Waals surface area contributed by atoms with Gasteiger partial charge in [0.15, 0.2) is 0 Å². The van der Waals surface area contributed by atoms with E-state index in [-0.39, 0.29) is 24.1 Å². The highest BCUT2D eigenvalue weighted by atomic mass is 35.5. The number of ether oxygens (including phenoxy) is 2. The summed E-state index contributed by atoms with van der Waals surface area (Å²) in [6.45, 7) is 3.96. The summed E-state index contributed by atoms with van der Waals surface area (Å²) in [5, 5.41) is 10.2. The third-order valence-electron chi connectivity index (χ3n) is 8.05. The van der Waals surface area contributed by atoms with Gasteiger partial charge in [0.2, 0.25) is 0 Å². The van der Waals surface area contributed by atoms with Gasteiger partial charge in [0.05, 0.1) is 19.8 Å². The van der Waals surface area contributed by atoms with Crippen LogP contribution in [0.25, 0.3) is 0 Å². The Morgan fingerprint density at radius 1 is 1.19 bits per heavy atom. The van der Waals surface area contributed by atoms with Gasteiger partial charge < -0.3 is 30.3 Å². The minimum Gasteiger partial charge on any atom is -0.453 e. The Kier molecular flexibility index (Phi) is 10.1. The molecule has 3 aliphatic rings. The Balaban J connectivity index is 1.39. The van der Waals surface area contributed by atoms with Crippen molar-refractivity contribution in [2.45, 2.75) is 57.1 Å². The van der Waals surface area contributed by atoms with E-state index in [0.717, 1.165) is 50.4 Å². The Morgan fingerprint density at radius 3 is 2.81 bits per heavy atom. The molecular weight excluding hydrogens is 480 g/mol. The van der Waals surface area contributed by atoms with Crippen LogP contribution >= 0.6 is 11.6 Å². The lowest BCUT2D eigenvalue weighted by Crippen LogP contribution is -2.57. The zero-order chi connectivity index (χ0) is 25.3.